The van der Waals surface area contributed by atoms with Crippen molar-refractivity contribution >= 4 is 0 Å². The Kier molecular flexibility index (Phi) is 7.81. The van der Waals surface area contributed by atoms with E-state index >= 15 is 0 Å². The van der Waals surface area contributed by atoms with Gasteiger partial charge in [-0.2, -0.15) is 0 Å². The summed E-state index contributed by atoms with van der Waals surface area (Å²) >= 11 is 0. The normalized spacial score (nSPS) is 14.3. The summed E-state index contributed by atoms with van der Waals surface area (Å²) in [5.41, 5.74) is 2.90. The van der Waals surface area contributed by atoms with Crippen molar-refractivity contribution in [1.29, 1.82) is 0 Å². The van der Waals surface area contributed by atoms with Crippen LogP contribution in [0.25, 0.3) is 0 Å². The minimum Gasteiger partial charge on any atom is -0.313 e. The molecule has 0 radical (unpaired) electrons. The summed E-state index contributed by atoms with van der Waals surface area (Å²) in [4.78, 5) is 0. The molecule has 0 aliphatic heterocycles. The van der Waals surface area contributed by atoms with E-state index in [1.807, 2.05) is 0 Å². The molecule has 1 N–H and O–H groups in total. The molecule has 0 aliphatic rings. The fraction of sp³-hybridized carbons (Fsp3) is 0.667. The molecule has 0 heterocycles. The number of hydrogen-bond donors (Lipinski definition) is 1. The molecule has 19 heavy (non-hydrogen) atoms. The van der Waals surface area contributed by atoms with Crippen molar-refractivity contribution in [2.75, 3.05) is 7.05 Å². The van der Waals surface area contributed by atoms with E-state index in [-0.39, 0.29) is 0 Å². The predicted molar refractivity (Wildman–Crippen MR) is 85.7 cm³/mol. The van der Waals surface area contributed by atoms with E-state index in [0.717, 1.165) is 0 Å². The number of unbranched alkanes of at least 4 members (excludes halogenated alkanes) is 3. The monoisotopic (exact) mass is 261 g/mol. The second-order valence-corrected chi connectivity index (χ2v) is 5.67. The van der Waals surface area contributed by atoms with Crippen molar-refractivity contribution in [2.45, 2.75) is 71.3 Å². The van der Waals surface area contributed by atoms with Gasteiger partial charge in [-0.25, -0.2) is 0 Å². The first-order valence-corrected chi connectivity index (χ1v) is 8.00. The summed E-state index contributed by atoms with van der Waals surface area (Å²) in [5.74, 6) is 0.673. The molecule has 0 amide bonds. The predicted octanol–water partition coefficient (Wildman–Crippen LogP) is 5.43. The minimum atomic E-state index is 0.517. The molecule has 1 heteroatoms. The quantitative estimate of drug-likeness (QED) is 0.584. The zero-order valence-corrected chi connectivity index (χ0v) is 13.2. The number of rotatable bonds is 9. The van der Waals surface area contributed by atoms with Crippen LogP contribution in [0.15, 0.2) is 24.3 Å². The van der Waals surface area contributed by atoms with Gasteiger partial charge < -0.3 is 5.32 Å². The molecule has 1 aromatic carbocycles. The Balaban J connectivity index is 2.55. The summed E-state index contributed by atoms with van der Waals surface area (Å²) in [6, 6.07) is 9.74. The Morgan fingerprint density at radius 1 is 0.947 bits per heavy atom. The molecule has 0 aromatic heterocycles. The van der Waals surface area contributed by atoms with Crippen LogP contribution >= 0.6 is 0 Å². The Bertz CT molecular complexity index is 328. The number of benzene rings is 1. The Labute approximate surface area is 119 Å². The highest BCUT2D eigenvalue weighted by molar-refractivity contribution is 5.27. The highest BCUT2D eigenvalue weighted by Gasteiger charge is 2.09. The SMILES string of the molecule is CCCCCCC(NC)c1ccc(C(C)CC)cc1. The average molecular weight is 261 g/mol. The van der Waals surface area contributed by atoms with E-state index in [1.54, 1.807) is 0 Å². The molecular weight excluding hydrogens is 230 g/mol. The lowest BCUT2D eigenvalue weighted by Crippen LogP contribution is -2.16. The first-order valence-electron chi connectivity index (χ1n) is 8.00. The molecular formula is C18H31N. The van der Waals surface area contributed by atoms with Crippen molar-refractivity contribution in [3.8, 4) is 0 Å². The van der Waals surface area contributed by atoms with E-state index in [2.05, 4.69) is 57.4 Å². The van der Waals surface area contributed by atoms with Gasteiger partial charge in [0.25, 0.3) is 0 Å². The molecule has 1 nitrogen and oxygen atoms in total. The van der Waals surface area contributed by atoms with Crippen LogP contribution < -0.4 is 5.32 Å². The van der Waals surface area contributed by atoms with Crippen molar-refractivity contribution in [3.05, 3.63) is 35.4 Å². The van der Waals surface area contributed by atoms with Gasteiger partial charge in [-0.05, 0) is 36.9 Å². The van der Waals surface area contributed by atoms with Gasteiger partial charge in [-0.3, -0.25) is 0 Å². The van der Waals surface area contributed by atoms with E-state index in [9.17, 15) is 0 Å². The molecule has 1 aromatic rings. The summed E-state index contributed by atoms with van der Waals surface area (Å²) in [6.45, 7) is 6.82. The van der Waals surface area contributed by atoms with E-state index < -0.39 is 0 Å². The maximum absolute atomic E-state index is 3.46. The Hall–Kier alpha value is -0.820. The summed E-state index contributed by atoms with van der Waals surface area (Å²) in [7, 11) is 2.08. The fourth-order valence-corrected chi connectivity index (χ4v) is 2.55. The smallest absolute Gasteiger partial charge is 0.0317 e. The fourth-order valence-electron chi connectivity index (χ4n) is 2.55. The lowest BCUT2D eigenvalue weighted by molar-refractivity contribution is 0.505. The van der Waals surface area contributed by atoms with Gasteiger partial charge in [0.2, 0.25) is 0 Å². The largest absolute Gasteiger partial charge is 0.313 e. The summed E-state index contributed by atoms with van der Waals surface area (Å²) < 4.78 is 0. The van der Waals surface area contributed by atoms with Gasteiger partial charge in [-0.15, -0.1) is 0 Å². The molecule has 0 spiro atoms. The van der Waals surface area contributed by atoms with Gasteiger partial charge >= 0.3 is 0 Å². The molecule has 0 fully saturated rings. The van der Waals surface area contributed by atoms with Crippen LogP contribution in [0.4, 0.5) is 0 Å². The highest BCUT2D eigenvalue weighted by Crippen LogP contribution is 2.24. The highest BCUT2D eigenvalue weighted by atomic mass is 14.9. The van der Waals surface area contributed by atoms with Crippen LogP contribution in [-0.2, 0) is 0 Å². The van der Waals surface area contributed by atoms with Crippen LogP contribution in [0.3, 0.4) is 0 Å². The topological polar surface area (TPSA) is 12.0 Å². The van der Waals surface area contributed by atoms with Crippen LogP contribution in [0.2, 0.25) is 0 Å². The second-order valence-electron chi connectivity index (χ2n) is 5.67. The van der Waals surface area contributed by atoms with Crippen molar-refractivity contribution in [3.63, 3.8) is 0 Å². The molecule has 1 rings (SSSR count). The number of hydrogen-bond acceptors (Lipinski definition) is 1. The zero-order valence-electron chi connectivity index (χ0n) is 13.2. The third-order valence-electron chi connectivity index (χ3n) is 4.22. The van der Waals surface area contributed by atoms with Gasteiger partial charge in [0.05, 0.1) is 0 Å². The molecule has 2 unspecified atom stereocenters. The maximum Gasteiger partial charge on any atom is 0.0317 e. The Morgan fingerprint density at radius 2 is 1.58 bits per heavy atom. The van der Waals surface area contributed by atoms with E-state index in [0.29, 0.717) is 12.0 Å². The molecule has 108 valence electrons. The first kappa shape index (κ1) is 16.2. The average Bonchev–Trinajstić information content (AvgIpc) is 2.47. The van der Waals surface area contributed by atoms with Crippen LogP contribution in [0.1, 0.15) is 82.4 Å². The van der Waals surface area contributed by atoms with E-state index in [1.165, 1.54) is 49.7 Å². The van der Waals surface area contributed by atoms with E-state index in [4.69, 9.17) is 0 Å². The van der Waals surface area contributed by atoms with Crippen molar-refractivity contribution < 1.29 is 0 Å². The Morgan fingerprint density at radius 3 is 2.11 bits per heavy atom. The summed E-state index contributed by atoms with van der Waals surface area (Å²) in [5, 5.41) is 3.46. The third kappa shape index (κ3) is 5.36. The van der Waals surface area contributed by atoms with Crippen LogP contribution in [0, 0.1) is 0 Å². The molecule has 2 atom stereocenters. The molecule has 0 saturated heterocycles. The van der Waals surface area contributed by atoms with Gasteiger partial charge in [0.1, 0.15) is 0 Å². The maximum atomic E-state index is 3.46. The standard InChI is InChI=1S/C18H31N/c1-5-7-8-9-10-18(19-4)17-13-11-16(12-14-17)15(3)6-2/h11-15,18-19H,5-10H2,1-4H3. The van der Waals surface area contributed by atoms with Gasteiger partial charge in [-0.1, -0.05) is 70.7 Å². The van der Waals surface area contributed by atoms with Crippen LogP contribution in [0.5, 0.6) is 0 Å². The molecule has 0 saturated carbocycles. The van der Waals surface area contributed by atoms with Crippen molar-refractivity contribution in [2.24, 2.45) is 0 Å². The summed E-state index contributed by atoms with van der Waals surface area (Å²) in [6.07, 6.45) is 7.83. The molecule has 0 aliphatic carbocycles. The lowest BCUT2D eigenvalue weighted by Gasteiger charge is -2.18. The lowest BCUT2D eigenvalue weighted by atomic mass is 9.94. The van der Waals surface area contributed by atoms with Gasteiger partial charge in [0.15, 0.2) is 0 Å². The van der Waals surface area contributed by atoms with Crippen molar-refractivity contribution in [1.82, 2.24) is 5.32 Å². The number of nitrogens with one attached hydrogen (secondary N) is 1. The zero-order chi connectivity index (χ0) is 14.1. The first-order chi connectivity index (χ1) is 9.22. The van der Waals surface area contributed by atoms with Crippen LogP contribution in [-0.4, -0.2) is 7.05 Å². The molecule has 0 bridgehead atoms. The third-order valence-corrected chi connectivity index (χ3v) is 4.22. The second kappa shape index (κ2) is 9.14. The van der Waals surface area contributed by atoms with Gasteiger partial charge in [0, 0.05) is 6.04 Å². The minimum absolute atomic E-state index is 0.517.